The first-order valence-corrected chi connectivity index (χ1v) is 7.60. The van der Waals surface area contributed by atoms with Gasteiger partial charge in [0, 0.05) is 16.3 Å². The van der Waals surface area contributed by atoms with Crippen LogP contribution in [-0.4, -0.2) is 17.6 Å². The summed E-state index contributed by atoms with van der Waals surface area (Å²) >= 11 is 7.14. The molecular formula is C15H15ClFNO2S. The van der Waals surface area contributed by atoms with E-state index in [9.17, 15) is 14.3 Å². The van der Waals surface area contributed by atoms with Gasteiger partial charge in [-0.2, -0.15) is 0 Å². The van der Waals surface area contributed by atoms with Crippen molar-refractivity contribution in [2.75, 3.05) is 6.54 Å². The zero-order valence-corrected chi connectivity index (χ0v) is 13.0. The quantitative estimate of drug-likeness (QED) is 0.885. The highest BCUT2D eigenvalue weighted by atomic mass is 35.5. The van der Waals surface area contributed by atoms with E-state index in [4.69, 9.17) is 11.6 Å². The summed E-state index contributed by atoms with van der Waals surface area (Å²) in [7, 11) is 0. The van der Waals surface area contributed by atoms with E-state index in [0.717, 1.165) is 9.75 Å². The molecule has 1 amide bonds. The lowest BCUT2D eigenvalue weighted by Gasteiger charge is -2.12. The van der Waals surface area contributed by atoms with Gasteiger partial charge in [0.05, 0.1) is 17.5 Å². The van der Waals surface area contributed by atoms with Crippen molar-refractivity contribution in [2.45, 2.75) is 19.4 Å². The fourth-order valence-corrected chi connectivity index (χ4v) is 2.86. The Hall–Kier alpha value is -1.43. The van der Waals surface area contributed by atoms with Crippen molar-refractivity contribution >= 4 is 28.8 Å². The van der Waals surface area contributed by atoms with Gasteiger partial charge in [0.2, 0.25) is 5.91 Å². The lowest BCUT2D eigenvalue weighted by molar-refractivity contribution is -0.120. The zero-order valence-electron chi connectivity index (χ0n) is 11.4. The number of aliphatic hydroxyl groups excluding tert-OH is 1. The molecule has 6 heteroatoms. The largest absolute Gasteiger partial charge is 0.387 e. The van der Waals surface area contributed by atoms with E-state index in [2.05, 4.69) is 5.32 Å². The molecule has 2 rings (SSSR count). The first kappa shape index (κ1) is 15.9. The van der Waals surface area contributed by atoms with Gasteiger partial charge in [-0.25, -0.2) is 4.39 Å². The van der Waals surface area contributed by atoms with Crippen LogP contribution in [0.1, 0.15) is 21.4 Å². The van der Waals surface area contributed by atoms with Gasteiger partial charge in [-0.05, 0) is 36.8 Å². The summed E-state index contributed by atoms with van der Waals surface area (Å²) in [5.74, 6) is -0.765. The Morgan fingerprint density at radius 2 is 2.19 bits per heavy atom. The van der Waals surface area contributed by atoms with Crippen molar-refractivity contribution in [3.05, 3.63) is 56.5 Å². The Bertz CT molecular complexity index is 644. The lowest BCUT2D eigenvalue weighted by atomic mass is 10.1. The Kier molecular flexibility index (Phi) is 5.33. The van der Waals surface area contributed by atoms with Crippen molar-refractivity contribution in [1.29, 1.82) is 0 Å². The molecule has 112 valence electrons. The molecule has 0 aliphatic heterocycles. The predicted octanol–water partition coefficient (Wildman–Crippen LogP) is 3.24. The number of hydrogen-bond acceptors (Lipinski definition) is 3. The minimum absolute atomic E-state index is 0.00282. The van der Waals surface area contributed by atoms with E-state index < -0.39 is 11.9 Å². The molecule has 2 aromatic rings. The second-order valence-electron chi connectivity index (χ2n) is 4.68. The summed E-state index contributed by atoms with van der Waals surface area (Å²) in [6.45, 7) is 2.01. The SMILES string of the molecule is Cc1ccc(CC(=O)NC[C@@H](O)c2ccc(Cl)c(F)c2)s1. The highest BCUT2D eigenvalue weighted by Gasteiger charge is 2.12. The number of rotatable bonds is 5. The van der Waals surface area contributed by atoms with Crippen LogP contribution in [-0.2, 0) is 11.2 Å². The average molecular weight is 328 g/mol. The average Bonchev–Trinajstić information content (AvgIpc) is 2.84. The van der Waals surface area contributed by atoms with Crippen molar-refractivity contribution < 1.29 is 14.3 Å². The van der Waals surface area contributed by atoms with E-state index in [1.54, 1.807) is 11.3 Å². The molecular weight excluding hydrogens is 313 g/mol. The van der Waals surface area contributed by atoms with Gasteiger partial charge in [-0.3, -0.25) is 4.79 Å². The summed E-state index contributed by atoms with van der Waals surface area (Å²) in [4.78, 5) is 13.9. The maximum absolute atomic E-state index is 13.3. The predicted molar refractivity (Wildman–Crippen MR) is 82.1 cm³/mol. The molecule has 0 radical (unpaired) electrons. The number of nitrogens with one attached hydrogen (secondary N) is 1. The smallest absolute Gasteiger partial charge is 0.225 e. The molecule has 0 saturated carbocycles. The van der Waals surface area contributed by atoms with Crippen molar-refractivity contribution in [1.82, 2.24) is 5.32 Å². The molecule has 1 atom stereocenters. The van der Waals surface area contributed by atoms with Crippen LogP contribution in [0.5, 0.6) is 0 Å². The molecule has 1 aromatic heterocycles. The molecule has 3 nitrogen and oxygen atoms in total. The van der Waals surface area contributed by atoms with Gasteiger partial charge in [-0.1, -0.05) is 17.7 Å². The fraction of sp³-hybridized carbons (Fsp3) is 0.267. The van der Waals surface area contributed by atoms with E-state index in [1.807, 2.05) is 19.1 Å². The number of thiophene rings is 1. The van der Waals surface area contributed by atoms with Gasteiger partial charge in [-0.15, -0.1) is 11.3 Å². The molecule has 1 aromatic carbocycles. The third kappa shape index (κ3) is 4.52. The van der Waals surface area contributed by atoms with Crippen LogP contribution < -0.4 is 5.32 Å². The third-order valence-electron chi connectivity index (χ3n) is 2.95. The molecule has 1 heterocycles. The molecule has 21 heavy (non-hydrogen) atoms. The van der Waals surface area contributed by atoms with E-state index in [1.165, 1.54) is 18.2 Å². The van der Waals surface area contributed by atoms with E-state index in [-0.39, 0.29) is 23.9 Å². The minimum atomic E-state index is -0.967. The first-order chi connectivity index (χ1) is 9.95. The van der Waals surface area contributed by atoms with Gasteiger partial charge >= 0.3 is 0 Å². The Morgan fingerprint density at radius 3 is 2.81 bits per heavy atom. The molecule has 0 saturated heterocycles. The normalized spacial score (nSPS) is 12.2. The van der Waals surface area contributed by atoms with Crippen molar-refractivity contribution in [2.24, 2.45) is 0 Å². The number of carbonyl (C=O) groups is 1. The number of aryl methyl sites for hydroxylation is 1. The number of benzene rings is 1. The summed E-state index contributed by atoms with van der Waals surface area (Å²) < 4.78 is 13.3. The third-order valence-corrected chi connectivity index (χ3v) is 4.26. The van der Waals surface area contributed by atoms with Gasteiger partial charge in [0.1, 0.15) is 5.82 Å². The molecule has 0 unspecified atom stereocenters. The first-order valence-electron chi connectivity index (χ1n) is 6.40. The van der Waals surface area contributed by atoms with Gasteiger partial charge in [0.15, 0.2) is 0 Å². The Balaban J connectivity index is 1.86. The summed E-state index contributed by atoms with van der Waals surface area (Å²) in [6.07, 6.45) is -0.689. The fourth-order valence-electron chi connectivity index (χ4n) is 1.85. The van der Waals surface area contributed by atoms with Crippen molar-refractivity contribution in [3.63, 3.8) is 0 Å². The topological polar surface area (TPSA) is 49.3 Å². The number of aliphatic hydroxyl groups is 1. The second-order valence-corrected chi connectivity index (χ2v) is 6.46. The minimum Gasteiger partial charge on any atom is -0.387 e. The number of amides is 1. The van der Waals surface area contributed by atoms with Crippen LogP contribution in [0, 0.1) is 12.7 Å². The molecule has 0 aliphatic rings. The Labute approximate surface area is 131 Å². The number of carbonyl (C=O) groups excluding carboxylic acids is 1. The highest BCUT2D eigenvalue weighted by molar-refractivity contribution is 7.12. The highest BCUT2D eigenvalue weighted by Crippen LogP contribution is 2.20. The molecule has 0 bridgehead atoms. The molecule has 2 N–H and O–H groups in total. The van der Waals surface area contributed by atoms with E-state index in [0.29, 0.717) is 5.56 Å². The zero-order chi connectivity index (χ0) is 15.4. The molecule has 0 fully saturated rings. The Morgan fingerprint density at radius 1 is 1.43 bits per heavy atom. The van der Waals surface area contributed by atoms with Crippen molar-refractivity contribution in [3.8, 4) is 0 Å². The maximum Gasteiger partial charge on any atom is 0.225 e. The van der Waals surface area contributed by atoms with Crippen LogP contribution in [0.25, 0.3) is 0 Å². The maximum atomic E-state index is 13.3. The van der Waals surface area contributed by atoms with Gasteiger partial charge in [0.25, 0.3) is 0 Å². The van der Waals surface area contributed by atoms with Crippen LogP contribution in [0.2, 0.25) is 5.02 Å². The summed E-state index contributed by atoms with van der Waals surface area (Å²) in [6, 6.07) is 7.95. The second kappa shape index (κ2) is 7.02. The van der Waals surface area contributed by atoms with Crippen LogP contribution >= 0.6 is 22.9 Å². The number of halogens is 2. The van der Waals surface area contributed by atoms with Crippen LogP contribution in [0.15, 0.2) is 30.3 Å². The summed E-state index contributed by atoms with van der Waals surface area (Å²) in [5, 5.41) is 12.6. The number of hydrogen-bond donors (Lipinski definition) is 2. The molecule has 0 aliphatic carbocycles. The van der Waals surface area contributed by atoms with Crippen LogP contribution in [0.3, 0.4) is 0 Å². The standard InChI is InChI=1S/C15H15ClFNO2S/c1-9-2-4-11(21-9)7-15(20)18-8-14(19)10-3-5-12(16)13(17)6-10/h2-6,14,19H,7-8H2,1H3,(H,18,20)/t14-/m1/s1. The van der Waals surface area contributed by atoms with Crippen LogP contribution in [0.4, 0.5) is 4.39 Å². The summed E-state index contributed by atoms with van der Waals surface area (Å²) in [5.41, 5.74) is 0.379. The van der Waals surface area contributed by atoms with E-state index >= 15 is 0 Å². The lowest BCUT2D eigenvalue weighted by Crippen LogP contribution is -2.29. The molecule has 0 spiro atoms. The monoisotopic (exact) mass is 327 g/mol. The van der Waals surface area contributed by atoms with Gasteiger partial charge < -0.3 is 10.4 Å².